The monoisotopic (exact) mass is 498 g/mol. The van der Waals surface area contributed by atoms with E-state index in [2.05, 4.69) is 137 Å². The van der Waals surface area contributed by atoms with E-state index in [0.29, 0.717) is 0 Å². The quantitative estimate of drug-likeness (QED) is 0.226. The van der Waals surface area contributed by atoms with E-state index >= 15 is 0 Å². The fourth-order valence-electron chi connectivity index (χ4n) is 5.71. The third kappa shape index (κ3) is 4.07. The second kappa shape index (κ2) is 9.66. The van der Waals surface area contributed by atoms with Crippen molar-refractivity contribution in [1.29, 1.82) is 0 Å². The van der Waals surface area contributed by atoms with E-state index in [9.17, 15) is 0 Å². The molecule has 184 valence electrons. The molecule has 0 aliphatic heterocycles. The van der Waals surface area contributed by atoms with Crippen LogP contribution in [-0.4, -0.2) is 9.97 Å². The predicted octanol–water partition coefficient (Wildman–Crippen LogP) is 9.76. The lowest BCUT2D eigenvalue weighted by Gasteiger charge is -2.18. The van der Waals surface area contributed by atoms with Crippen molar-refractivity contribution < 1.29 is 0 Å². The first-order chi connectivity index (χ1) is 19.3. The molecule has 0 spiro atoms. The zero-order chi connectivity index (χ0) is 26.2. The molecule has 7 rings (SSSR count). The SMILES string of the molecule is Cc1ncncc1-c1ccc(-c2ccc3c(-c4ccccc4)c4ccccc4c(-c4ccccc4)c3c2)cc1. The number of hydrogen-bond acceptors (Lipinski definition) is 2. The van der Waals surface area contributed by atoms with Gasteiger partial charge in [0.1, 0.15) is 6.33 Å². The molecule has 0 fully saturated rings. The molecule has 1 aromatic heterocycles. The van der Waals surface area contributed by atoms with Crippen LogP contribution in [0.5, 0.6) is 0 Å². The number of fused-ring (bicyclic) bond motifs is 2. The predicted molar refractivity (Wildman–Crippen MR) is 164 cm³/mol. The second-order valence-electron chi connectivity index (χ2n) is 9.89. The van der Waals surface area contributed by atoms with Gasteiger partial charge in [-0.3, -0.25) is 0 Å². The van der Waals surface area contributed by atoms with Gasteiger partial charge in [-0.25, -0.2) is 9.97 Å². The Morgan fingerprint density at radius 2 is 0.949 bits per heavy atom. The summed E-state index contributed by atoms with van der Waals surface area (Å²) in [6, 6.07) is 46.0. The molecule has 0 bridgehead atoms. The number of nitrogens with zero attached hydrogens (tertiary/aromatic N) is 2. The summed E-state index contributed by atoms with van der Waals surface area (Å²) < 4.78 is 0. The molecule has 0 N–H and O–H groups in total. The van der Waals surface area contributed by atoms with Crippen LogP contribution in [0.4, 0.5) is 0 Å². The van der Waals surface area contributed by atoms with Gasteiger partial charge in [-0.05, 0) is 73.5 Å². The summed E-state index contributed by atoms with van der Waals surface area (Å²) in [6.07, 6.45) is 3.48. The van der Waals surface area contributed by atoms with Gasteiger partial charge in [-0.2, -0.15) is 0 Å². The van der Waals surface area contributed by atoms with Crippen LogP contribution in [0.1, 0.15) is 5.69 Å². The molecule has 1 heterocycles. The van der Waals surface area contributed by atoms with Crippen molar-refractivity contribution in [3.8, 4) is 44.5 Å². The molecule has 39 heavy (non-hydrogen) atoms. The van der Waals surface area contributed by atoms with Crippen LogP contribution < -0.4 is 0 Å². The topological polar surface area (TPSA) is 25.8 Å². The number of aryl methyl sites for hydroxylation is 1. The highest BCUT2D eigenvalue weighted by atomic mass is 14.8. The minimum absolute atomic E-state index is 0.983. The Hall–Kier alpha value is -5.08. The zero-order valence-electron chi connectivity index (χ0n) is 21.7. The first kappa shape index (κ1) is 23.1. The molecule has 0 saturated carbocycles. The summed E-state index contributed by atoms with van der Waals surface area (Å²) in [6.45, 7) is 2.02. The fourth-order valence-corrected chi connectivity index (χ4v) is 5.71. The molecule has 0 amide bonds. The molecule has 0 aliphatic carbocycles. The van der Waals surface area contributed by atoms with Gasteiger partial charge in [0.2, 0.25) is 0 Å². The Morgan fingerprint density at radius 1 is 0.436 bits per heavy atom. The van der Waals surface area contributed by atoms with E-state index in [4.69, 9.17) is 0 Å². The standard InChI is InChI=1S/C37H26N2/c1-25-35(23-38-24-39-25)27-18-16-26(17-19-27)30-20-21-33-34(22-30)37(29-12-6-3-7-13-29)32-15-9-8-14-31(32)36(33)28-10-4-2-5-11-28/h2-24H,1H3. The molecule has 0 atom stereocenters. The van der Waals surface area contributed by atoms with Gasteiger partial charge in [-0.1, -0.05) is 121 Å². The summed E-state index contributed by atoms with van der Waals surface area (Å²) >= 11 is 0. The highest BCUT2D eigenvalue weighted by Crippen LogP contribution is 2.44. The maximum absolute atomic E-state index is 4.36. The third-order valence-corrected chi connectivity index (χ3v) is 7.59. The molecule has 2 nitrogen and oxygen atoms in total. The van der Waals surface area contributed by atoms with Gasteiger partial charge in [0, 0.05) is 17.5 Å². The molecule has 0 radical (unpaired) electrons. The molecule has 0 saturated heterocycles. The van der Waals surface area contributed by atoms with Crippen molar-refractivity contribution in [2.75, 3.05) is 0 Å². The van der Waals surface area contributed by atoms with E-state index in [0.717, 1.165) is 16.8 Å². The molecule has 0 aliphatic rings. The fraction of sp³-hybridized carbons (Fsp3) is 0.0270. The molecule has 7 aromatic rings. The maximum atomic E-state index is 4.36. The largest absolute Gasteiger partial charge is 0.244 e. The van der Waals surface area contributed by atoms with Crippen molar-refractivity contribution >= 4 is 21.5 Å². The lowest BCUT2D eigenvalue weighted by Crippen LogP contribution is -1.92. The Kier molecular flexibility index (Phi) is 5.71. The van der Waals surface area contributed by atoms with Gasteiger partial charge in [0.05, 0.1) is 0 Å². The van der Waals surface area contributed by atoms with Crippen molar-refractivity contribution in [3.05, 3.63) is 146 Å². The van der Waals surface area contributed by atoms with Crippen LogP contribution in [0, 0.1) is 6.92 Å². The summed E-state index contributed by atoms with van der Waals surface area (Å²) in [5.74, 6) is 0. The minimum atomic E-state index is 0.983. The summed E-state index contributed by atoms with van der Waals surface area (Å²) in [5.41, 5.74) is 10.6. The zero-order valence-corrected chi connectivity index (χ0v) is 21.7. The van der Waals surface area contributed by atoms with Gasteiger partial charge < -0.3 is 0 Å². The maximum Gasteiger partial charge on any atom is 0.115 e. The average molecular weight is 499 g/mol. The Labute approximate surface area is 228 Å². The Bertz CT molecular complexity index is 1940. The van der Waals surface area contributed by atoms with E-state index in [1.165, 1.54) is 54.9 Å². The van der Waals surface area contributed by atoms with Crippen molar-refractivity contribution in [1.82, 2.24) is 9.97 Å². The van der Waals surface area contributed by atoms with Crippen LogP contribution >= 0.6 is 0 Å². The van der Waals surface area contributed by atoms with E-state index in [-0.39, 0.29) is 0 Å². The highest BCUT2D eigenvalue weighted by Gasteiger charge is 2.17. The molecule has 2 heteroatoms. The van der Waals surface area contributed by atoms with Crippen LogP contribution in [0.2, 0.25) is 0 Å². The van der Waals surface area contributed by atoms with Gasteiger partial charge in [-0.15, -0.1) is 0 Å². The van der Waals surface area contributed by atoms with Crippen LogP contribution in [0.15, 0.2) is 140 Å². The second-order valence-corrected chi connectivity index (χ2v) is 9.89. The van der Waals surface area contributed by atoms with E-state index < -0.39 is 0 Å². The molecular formula is C37H26N2. The van der Waals surface area contributed by atoms with E-state index in [1.807, 2.05) is 13.1 Å². The number of aromatic nitrogens is 2. The summed E-state index contributed by atoms with van der Waals surface area (Å²) in [4.78, 5) is 8.58. The summed E-state index contributed by atoms with van der Waals surface area (Å²) in [5, 5.41) is 5.05. The lowest BCUT2D eigenvalue weighted by atomic mass is 9.85. The molecule has 6 aromatic carbocycles. The average Bonchev–Trinajstić information content (AvgIpc) is 3.01. The summed E-state index contributed by atoms with van der Waals surface area (Å²) in [7, 11) is 0. The Morgan fingerprint density at radius 3 is 1.56 bits per heavy atom. The van der Waals surface area contributed by atoms with Crippen molar-refractivity contribution in [2.24, 2.45) is 0 Å². The molecule has 0 unspecified atom stereocenters. The van der Waals surface area contributed by atoms with Gasteiger partial charge in [0.15, 0.2) is 0 Å². The third-order valence-electron chi connectivity index (χ3n) is 7.59. The molecular weight excluding hydrogens is 472 g/mol. The lowest BCUT2D eigenvalue weighted by molar-refractivity contribution is 1.11. The van der Waals surface area contributed by atoms with Crippen molar-refractivity contribution in [2.45, 2.75) is 6.92 Å². The normalized spacial score (nSPS) is 11.2. The number of hydrogen-bond donors (Lipinski definition) is 0. The van der Waals surface area contributed by atoms with Crippen molar-refractivity contribution in [3.63, 3.8) is 0 Å². The van der Waals surface area contributed by atoms with Gasteiger partial charge in [0.25, 0.3) is 0 Å². The number of benzene rings is 6. The minimum Gasteiger partial charge on any atom is -0.244 e. The first-order valence-electron chi connectivity index (χ1n) is 13.2. The van der Waals surface area contributed by atoms with Crippen LogP contribution in [0.25, 0.3) is 66.1 Å². The van der Waals surface area contributed by atoms with E-state index in [1.54, 1.807) is 6.33 Å². The van der Waals surface area contributed by atoms with Crippen LogP contribution in [0.3, 0.4) is 0 Å². The smallest absolute Gasteiger partial charge is 0.115 e. The van der Waals surface area contributed by atoms with Gasteiger partial charge >= 0.3 is 0 Å². The number of rotatable bonds is 4. The Balaban J connectivity index is 1.49. The first-order valence-corrected chi connectivity index (χ1v) is 13.2. The highest BCUT2D eigenvalue weighted by molar-refractivity contribution is 6.21. The van der Waals surface area contributed by atoms with Crippen LogP contribution in [-0.2, 0) is 0 Å².